The Morgan fingerprint density at radius 3 is 2.34 bits per heavy atom. The summed E-state index contributed by atoms with van der Waals surface area (Å²) < 4.78 is 5.75. The summed E-state index contributed by atoms with van der Waals surface area (Å²) in [6.45, 7) is 3.74. The van der Waals surface area contributed by atoms with E-state index in [1.54, 1.807) is 31.2 Å². The second kappa shape index (κ2) is 10.7. The first kappa shape index (κ1) is 24.5. The van der Waals surface area contributed by atoms with Crippen LogP contribution in [-0.2, 0) is 24.1 Å². The fourth-order valence-electron chi connectivity index (χ4n) is 4.10. The molecule has 1 atom stereocenters. The molecule has 8 heteroatoms. The number of anilines is 2. The van der Waals surface area contributed by atoms with Crippen molar-refractivity contribution in [3.05, 3.63) is 75.7 Å². The van der Waals surface area contributed by atoms with Crippen LogP contribution in [0.25, 0.3) is 0 Å². The first-order valence-corrected chi connectivity index (χ1v) is 12.6. The number of aryl methyl sites for hydroxylation is 2. The second-order valence-corrected chi connectivity index (χ2v) is 9.66. The first-order chi connectivity index (χ1) is 16.9. The van der Waals surface area contributed by atoms with E-state index in [0.717, 1.165) is 42.5 Å². The minimum absolute atomic E-state index is 0.267. The summed E-state index contributed by atoms with van der Waals surface area (Å²) in [5.74, 6) is -0.650. The lowest BCUT2D eigenvalue weighted by molar-refractivity contribution is -0.122. The van der Waals surface area contributed by atoms with Crippen LogP contribution < -0.4 is 21.1 Å². The van der Waals surface area contributed by atoms with Gasteiger partial charge in [-0.15, -0.1) is 11.3 Å². The molecule has 0 radical (unpaired) electrons. The van der Waals surface area contributed by atoms with Crippen molar-refractivity contribution in [1.29, 1.82) is 0 Å². The summed E-state index contributed by atoms with van der Waals surface area (Å²) in [6.07, 6.45) is 4.00. The predicted octanol–water partition coefficient (Wildman–Crippen LogP) is 4.95. The van der Waals surface area contributed by atoms with Crippen LogP contribution in [0.15, 0.2) is 48.5 Å². The van der Waals surface area contributed by atoms with Crippen molar-refractivity contribution in [2.24, 2.45) is 5.73 Å². The summed E-state index contributed by atoms with van der Waals surface area (Å²) in [6, 6.07) is 14.2. The van der Waals surface area contributed by atoms with Crippen molar-refractivity contribution in [3.63, 3.8) is 0 Å². The van der Waals surface area contributed by atoms with Gasteiger partial charge in [0.15, 0.2) is 6.10 Å². The molecule has 1 aliphatic carbocycles. The molecule has 4 rings (SSSR count). The maximum atomic E-state index is 12.8. The van der Waals surface area contributed by atoms with Crippen LogP contribution in [0, 0.1) is 0 Å². The highest BCUT2D eigenvalue weighted by Crippen LogP contribution is 2.38. The number of carbonyl (C=O) groups is 3. The fraction of sp³-hybridized carbons (Fsp3) is 0.296. The topological polar surface area (TPSA) is 111 Å². The largest absolute Gasteiger partial charge is 0.481 e. The number of primary amides is 1. The standard InChI is InChI=1S/C27H29N3O4S/c1-3-17-8-12-19(13-9-17)29-25(32)16(2)34-20-14-10-18(11-15-20)26(33)30-27-23(24(28)31)21-6-4-5-7-22(21)35-27/h8-16H,3-7H2,1-2H3,(H2,28,31)(H,29,32)(H,30,33). The number of carbonyl (C=O) groups excluding carboxylic acids is 3. The molecule has 0 fully saturated rings. The third-order valence-electron chi connectivity index (χ3n) is 6.07. The molecular formula is C27H29N3O4S. The maximum absolute atomic E-state index is 12.8. The van der Waals surface area contributed by atoms with E-state index in [1.165, 1.54) is 16.9 Å². The third kappa shape index (κ3) is 5.71. The Bertz CT molecular complexity index is 1230. The number of thiophene rings is 1. The third-order valence-corrected chi connectivity index (χ3v) is 7.28. The summed E-state index contributed by atoms with van der Waals surface area (Å²) >= 11 is 1.43. The highest BCUT2D eigenvalue weighted by Gasteiger charge is 2.25. The molecule has 0 saturated carbocycles. The van der Waals surface area contributed by atoms with Gasteiger partial charge >= 0.3 is 0 Å². The number of amides is 3. The fourth-order valence-corrected chi connectivity index (χ4v) is 5.39. The number of rotatable bonds is 8. The lowest BCUT2D eigenvalue weighted by Crippen LogP contribution is -2.30. The average Bonchev–Trinajstić information content (AvgIpc) is 3.23. The number of ether oxygens (including phenoxy) is 1. The molecule has 0 saturated heterocycles. The highest BCUT2D eigenvalue weighted by molar-refractivity contribution is 7.17. The predicted molar refractivity (Wildman–Crippen MR) is 138 cm³/mol. The molecule has 0 aliphatic heterocycles. The van der Waals surface area contributed by atoms with Crippen LogP contribution >= 0.6 is 11.3 Å². The van der Waals surface area contributed by atoms with Gasteiger partial charge in [-0.2, -0.15) is 0 Å². The quantitative estimate of drug-likeness (QED) is 0.414. The van der Waals surface area contributed by atoms with Gasteiger partial charge in [0.1, 0.15) is 10.8 Å². The van der Waals surface area contributed by atoms with E-state index in [4.69, 9.17) is 10.5 Å². The Hall–Kier alpha value is -3.65. The lowest BCUT2D eigenvalue weighted by atomic mass is 9.95. The van der Waals surface area contributed by atoms with Crippen LogP contribution in [0.4, 0.5) is 10.7 Å². The van der Waals surface area contributed by atoms with E-state index in [2.05, 4.69) is 17.6 Å². The molecule has 1 unspecified atom stereocenters. The zero-order chi connectivity index (χ0) is 24.9. The van der Waals surface area contributed by atoms with Crippen molar-refractivity contribution in [1.82, 2.24) is 0 Å². The SMILES string of the molecule is CCc1ccc(NC(=O)C(C)Oc2ccc(C(=O)Nc3sc4c(c3C(N)=O)CCCC4)cc2)cc1. The van der Waals surface area contributed by atoms with Crippen molar-refractivity contribution in [2.45, 2.75) is 52.1 Å². The van der Waals surface area contributed by atoms with E-state index < -0.39 is 12.0 Å². The molecule has 3 aromatic rings. The molecule has 4 N–H and O–H groups in total. The van der Waals surface area contributed by atoms with Crippen molar-refractivity contribution in [2.75, 3.05) is 10.6 Å². The van der Waals surface area contributed by atoms with E-state index in [0.29, 0.717) is 27.6 Å². The zero-order valence-electron chi connectivity index (χ0n) is 19.9. The number of fused-ring (bicyclic) bond motifs is 1. The van der Waals surface area contributed by atoms with Gasteiger partial charge in [0, 0.05) is 16.1 Å². The van der Waals surface area contributed by atoms with E-state index in [9.17, 15) is 14.4 Å². The monoisotopic (exact) mass is 491 g/mol. The minimum Gasteiger partial charge on any atom is -0.481 e. The summed E-state index contributed by atoms with van der Waals surface area (Å²) in [7, 11) is 0. The van der Waals surface area contributed by atoms with Gasteiger partial charge in [0.05, 0.1) is 5.56 Å². The van der Waals surface area contributed by atoms with Gasteiger partial charge in [-0.1, -0.05) is 19.1 Å². The number of nitrogens with one attached hydrogen (secondary N) is 2. The normalized spacial score (nSPS) is 13.4. The number of hydrogen-bond donors (Lipinski definition) is 3. The van der Waals surface area contributed by atoms with Gasteiger partial charge in [-0.3, -0.25) is 14.4 Å². The van der Waals surface area contributed by atoms with E-state index >= 15 is 0 Å². The zero-order valence-corrected chi connectivity index (χ0v) is 20.7. The summed E-state index contributed by atoms with van der Waals surface area (Å²) in [5.41, 5.74) is 9.34. The molecule has 2 aromatic carbocycles. The van der Waals surface area contributed by atoms with Crippen LogP contribution in [0.1, 0.15) is 63.4 Å². The summed E-state index contributed by atoms with van der Waals surface area (Å²) in [4.78, 5) is 38.5. The molecule has 7 nitrogen and oxygen atoms in total. The van der Waals surface area contributed by atoms with Crippen LogP contribution in [0.5, 0.6) is 5.75 Å². The minimum atomic E-state index is -0.726. The molecular weight excluding hydrogens is 462 g/mol. The molecule has 35 heavy (non-hydrogen) atoms. The average molecular weight is 492 g/mol. The first-order valence-electron chi connectivity index (χ1n) is 11.8. The smallest absolute Gasteiger partial charge is 0.265 e. The maximum Gasteiger partial charge on any atom is 0.265 e. The van der Waals surface area contributed by atoms with Crippen molar-refractivity contribution < 1.29 is 19.1 Å². The molecule has 1 heterocycles. The Morgan fingerprint density at radius 1 is 1.00 bits per heavy atom. The van der Waals surface area contributed by atoms with Gasteiger partial charge < -0.3 is 21.1 Å². The Kier molecular flexibility index (Phi) is 7.51. The Labute approximate surface area is 208 Å². The highest BCUT2D eigenvalue weighted by atomic mass is 32.1. The van der Waals surface area contributed by atoms with E-state index in [1.807, 2.05) is 24.3 Å². The van der Waals surface area contributed by atoms with Gasteiger partial charge in [-0.05, 0) is 86.6 Å². The molecule has 0 spiro atoms. The van der Waals surface area contributed by atoms with Crippen LogP contribution in [0.3, 0.4) is 0 Å². The molecule has 1 aromatic heterocycles. The van der Waals surface area contributed by atoms with Crippen molar-refractivity contribution >= 4 is 39.7 Å². The van der Waals surface area contributed by atoms with Gasteiger partial charge in [0.2, 0.25) is 0 Å². The number of benzene rings is 2. The second-order valence-electron chi connectivity index (χ2n) is 8.56. The van der Waals surface area contributed by atoms with Crippen molar-refractivity contribution in [3.8, 4) is 5.75 Å². The molecule has 3 amide bonds. The van der Waals surface area contributed by atoms with Gasteiger partial charge in [0.25, 0.3) is 17.7 Å². The molecule has 0 bridgehead atoms. The number of hydrogen-bond acceptors (Lipinski definition) is 5. The van der Waals surface area contributed by atoms with Gasteiger partial charge in [-0.25, -0.2) is 0 Å². The summed E-state index contributed by atoms with van der Waals surface area (Å²) in [5, 5.41) is 6.20. The number of nitrogens with two attached hydrogens (primary N) is 1. The Morgan fingerprint density at radius 2 is 1.69 bits per heavy atom. The lowest BCUT2D eigenvalue weighted by Gasteiger charge is -2.15. The van der Waals surface area contributed by atoms with Crippen LogP contribution in [-0.4, -0.2) is 23.8 Å². The van der Waals surface area contributed by atoms with E-state index in [-0.39, 0.29) is 11.8 Å². The molecule has 1 aliphatic rings. The molecule has 182 valence electrons. The Balaban J connectivity index is 1.38. The van der Waals surface area contributed by atoms with Crippen LogP contribution in [0.2, 0.25) is 0 Å².